The normalized spacial score (nSPS) is 24.4. The van der Waals surface area contributed by atoms with Crippen molar-refractivity contribution in [1.29, 1.82) is 0 Å². The SMILES string of the molecule is C=Cc1ccc2c(c1)[C@@]1(C[C@@H](C(N)=O)N(C(=O)[C@H](CC(C)C)NC)C1)C(=O)N2. The van der Waals surface area contributed by atoms with Crippen molar-refractivity contribution < 1.29 is 14.4 Å². The highest BCUT2D eigenvalue weighted by atomic mass is 16.2. The average molecular weight is 384 g/mol. The number of amides is 3. The molecule has 7 heteroatoms. The van der Waals surface area contributed by atoms with E-state index in [9.17, 15) is 14.4 Å². The van der Waals surface area contributed by atoms with Gasteiger partial charge in [-0.05, 0) is 49.1 Å². The molecule has 1 fully saturated rings. The molecule has 7 nitrogen and oxygen atoms in total. The van der Waals surface area contributed by atoms with Gasteiger partial charge in [0.2, 0.25) is 17.7 Å². The van der Waals surface area contributed by atoms with Gasteiger partial charge in [0, 0.05) is 12.2 Å². The number of hydrogen-bond donors (Lipinski definition) is 3. The zero-order valence-corrected chi connectivity index (χ0v) is 16.6. The lowest BCUT2D eigenvalue weighted by Gasteiger charge is -2.28. The van der Waals surface area contributed by atoms with Gasteiger partial charge >= 0.3 is 0 Å². The van der Waals surface area contributed by atoms with E-state index in [4.69, 9.17) is 5.73 Å². The summed E-state index contributed by atoms with van der Waals surface area (Å²) in [6.45, 7) is 7.99. The lowest BCUT2D eigenvalue weighted by Crippen LogP contribution is -2.51. The fourth-order valence-corrected chi connectivity index (χ4v) is 4.32. The number of anilines is 1. The standard InChI is InChI=1S/C21H28N4O3/c1-5-13-6-7-15-14(9-13)21(20(28)24-15)10-17(18(22)26)25(11-21)19(27)16(23-4)8-12(2)3/h5-7,9,12,16-17,23H,1,8,10-11H2,2-4H3,(H2,22,26)(H,24,28)/t16-,17-,21-/m0/s1. The van der Waals surface area contributed by atoms with Gasteiger partial charge in [0.05, 0.1) is 11.5 Å². The third-order valence-electron chi connectivity index (χ3n) is 5.80. The van der Waals surface area contributed by atoms with Crippen molar-refractivity contribution in [2.45, 2.75) is 44.2 Å². The van der Waals surface area contributed by atoms with Crippen LogP contribution < -0.4 is 16.4 Å². The number of likely N-dealkylation sites (N-methyl/N-ethyl adjacent to an activating group) is 1. The highest BCUT2D eigenvalue weighted by Gasteiger charge is 2.57. The van der Waals surface area contributed by atoms with Gasteiger partial charge in [0.1, 0.15) is 6.04 Å². The van der Waals surface area contributed by atoms with Crippen molar-refractivity contribution in [1.82, 2.24) is 10.2 Å². The second-order valence-electron chi connectivity index (χ2n) is 8.10. The van der Waals surface area contributed by atoms with Crippen LogP contribution in [0.4, 0.5) is 5.69 Å². The van der Waals surface area contributed by atoms with E-state index >= 15 is 0 Å². The molecule has 0 aromatic heterocycles. The molecule has 0 aliphatic carbocycles. The quantitative estimate of drug-likeness (QED) is 0.686. The summed E-state index contributed by atoms with van der Waals surface area (Å²) in [4.78, 5) is 39.9. The first-order valence-corrected chi connectivity index (χ1v) is 9.59. The molecule has 3 amide bonds. The summed E-state index contributed by atoms with van der Waals surface area (Å²) in [6, 6.07) is 4.35. The first-order chi connectivity index (χ1) is 13.2. The number of rotatable bonds is 6. The number of benzene rings is 1. The van der Waals surface area contributed by atoms with Gasteiger partial charge < -0.3 is 21.3 Å². The van der Waals surface area contributed by atoms with Crippen molar-refractivity contribution in [3.63, 3.8) is 0 Å². The van der Waals surface area contributed by atoms with Crippen LogP contribution in [-0.4, -0.2) is 48.3 Å². The summed E-state index contributed by atoms with van der Waals surface area (Å²) in [5.41, 5.74) is 7.05. The van der Waals surface area contributed by atoms with E-state index in [2.05, 4.69) is 17.2 Å². The molecule has 0 bridgehead atoms. The zero-order chi connectivity index (χ0) is 20.6. The van der Waals surface area contributed by atoms with E-state index < -0.39 is 23.4 Å². The summed E-state index contributed by atoms with van der Waals surface area (Å²) in [7, 11) is 1.73. The van der Waals surface area contributed by atoms with Crippen LogP contribution in [0, 0.1) is 5.92 Å². The number of likely N-dealkylation sites (tertiary alicyclic amines) is 1. The Kier molecular flexibility index (Phi) is 5.30. The summed E-state index contributed by atoms with van der Waals surface area (Å²) in [5.74, 6) is -0.686. The molecule has 2 heterocycles. The number of carbonyl (C=O) groups excluding carboxylic acids is 3. The Labute approximate surface area is 165 Å². The summed E-state index contributed by atoms with van der Waals surface area (Å²) >= 11 is 0. The van der Waals surface area contributed by atoms with Gasteiger partial charge in [-0.3, -0.25) is 14.4 Å². The Balaban J connectivity index is 2.01. The van der Waals surface area contributed by atoms with E-state index in [0.717, 1.165) is 11.1 Å². The molecule has 3 rings (SSSR count). The fourth-order valence-electron chi connectivity index (χ4n) is 4.32. The minimum atomic E-state index is -0.972. The van der Waals surface area contributed by atoms with E-state index in [1.54, 1.807) is 13.1 Å². The highest BCUT2D eigenvalue weighted by Crippen LogP contribution is 2.47. The second kappa shape index (κ2) is 7.39. The second-order valence-corrected chi connectivity index (χ2v) is 8.10. The maximum absolute atomic E-state index is 13.2. The van der Waals surface area contributed by atoms with Crippen molar-refractivity contribution in [3.05, 3.63) is 35.9 Å². The first kappa shape index (κ1) is 20.1. The summed E-state index contributed by atoms with van der Waals surface area (Å²) in [6.07, 6.45) is 2.53. The molecule has 0 saturated carbocycles. The topological polar surface area (TPSA) is 105 Å². The van der Waals surface area contributed by atoms with Crippen LogP contribution in [0.15, 0.2) is 24.8 Å². The van der Waals surface area contributed by atoms with Crippen LogP contribution in [0.25, 0.3) is 6.08 Å². The predicted octanol–water partition coefficient (Wildman–Crippen LogP) is 1.24. The van der Waals surface area contributed by atoms with Crippen molar-refractivity contribution in [3.8, 4) is 0 Å². The molecular formula is C21H28N4O3. The van der Waals surface area contributed by atoms with Gasteiger partial charge in [-0.2, -0.15) is 0 Å². The molecule has 2 aliphatic rings. The minimum absolute atomic E-state index is 0.134. The largest absolute Gasteiger partial charge is 0.368 e. The predicted molar refractivity (Wildman–Crippen MR) is 108 cm³/mol. The molecular weight excluding hydrogens is 356 g/mol. The number of nitrogens with two attached hydrogens (primary N) is 1. The van der Waals surface area contributed by atoms with Gasteiger partial charge in [0.15, 0.2) is 0 Å². The van der Waals surface area contributed by atoms with Crippen LogP contribution in [0.3, 0.4) is 0 Å². The molecule has 1 spiro atoms. The number of fused-ring (bicyclic) bond motifs is 2. The molecule has 0 radical (unpaired) electrons. The Morgan fingerprint density at radius 3 is 2.75 bits per heavy atom. The monoisotopic (exact) mass is 384 g/mol. The molecule has 1 aromatic carbocycles. The van der Waals surface area contributed by atoms with Crippen LogP contribution >= 0.6 is 0 Å². The first-order valence-electron chi connectivity index (χ1n) is 9.59. The summed E-state index contributed by atoms with van der Waals surface area (Å²) in [5, 5.41) is 5.94. The zero-order valence-electron chi connectivity index (χ0n) is 16.6. The number of nitrogens with one attached hydrogen (secondary N) is 2. The number of carbonyl (C=O) groups is 3. The maximum Gasteiger partial charge on any atom is 0.240 e. The molecule has 1 aromatic rings. The van der Waals surface area contributed by atoms with Crippen LogP contribution in [-0.2, 0) is 19.8 Å². The molecule has 0 unspecified atom stereocenters. The molecule has 2 aliphatic heterocycles. The molecule has 1 saturated heterocycles. The van der Waals surface area contributed by atoms with Gasteiger partial charge in [-0.15, -0.1) is 0 Å². The molecule has 4 N–H and O–H groups in total. The Morgan fingerprint density at radius 1 is 1.46 bits per heavy atom. The number of primary amides is 1. The van der Waals surface area contributed by atoms with Gasteiger partial charge in [0.25, 0.3) is 0 Å². The van der Waals surface area contributed by atoms with Crippen LogP contribution in [0.2, 0.25) is 0 Å². The van der Waals surface area contributed by atoms with E-state index in [0.29, 0.717) is 18.0 Å². The highest BCUT2D eigenvalue weighted by molar-refractivity contribution is 6.08. The Hall–Kier alpha value is -2.67. The van der Waals surface area contributed by atoms with Crippen molar-refractivity contribution in [2.75, 3.05) is 18.9 Å². The lowest BCUT2D eigenvalue weighted by atomic mass is 9.79. The summed E-state index contributed by atoms with van der Waals surface area (Å²) < 4.78 is 0. The Bertz CT molecular complexity index is 835. The smallest absolute Gasteiger partial charge is 0.240 e. The lowest BCUT2D eigenvalue weighted by molar-refractivity contribution is -0.139. The van der Waals surface area contributed by atoms with E-state index in [1.165, 1.54) is 4.90 Å². The minimum Gasteiger partial charge on any atom is -0.368 e. The average Bonchev–Trinajstić information content (AvgIpc) is 3.19. The van der Waals surface area contributed by atoms with E-state index in [1.807, 2.05) is 32.0 Å². The van der Waals surface area contributed by atoms with Crippen molar-refractivity contribution in [2.24, 2.45) is 11.7 Å². The van der Waals surface area contributed by atoms with Crippen molar-refractivity contribution >= 4 is 29.5 Å². The van der Waals surface area contributed by atoms with Crippen LogP contribution in [0.5, 0.6) is 0 Å². The maximum atomic E-state index is 13.2. The van der Waals surface area contributed by atoms with E-state index in [-0.39, 0.29) is 24.8 Å². The molecule has 3 atom stereocenters. The molecule has 150 valence electrons. The van der Waals surface area contributed by atoms with Gasteiger partial charge in [-0.1, -0.05) is 32.6 Å². The molecule has 28 heavy (non-hydrogen) atoms. The number of hydrogen-bond acceptors (Lipinski definition) is 4. The third kappa shape index (κ3) is 3.20. The van der Waals surface area contributed by atoms with Crippen LogP contribution in [0.1, 0.15) is 37.8 Å². The Morgan fingerprint density at radius 2 is 2.18 bits per heavy atom. The van der Waals surface area contributed by atoms with Gasteiger partial charge in [-0.25, -0.2) is 0 Å². The number of nitrogens with zero attached hydrogens (tertiary/aromatic N) is 1. The fraction of sp³-hybridized carbons (Fsp3) is 0.476. The third-order valence-corrected chi connectivity index (χ3v) is 5.80.